The third-order valence-corrected chi connectivity index (χ3v) is 5.19. The molecular weight excluding hydrogens is 434 g/mol. The summed E-state index contributed by atoms with van der Waals surface area (Å²) in [4.78, 5) is 12.3. The van der Waals surface area contributed by atoms with Crippen LogP contribution in [-0.4, -0.2) is 22.2 Å². The number of amides is 1. The van der Waals surface area contributed by atoms with E-state index in [4.69, 9.17) is 4.74 Å². The van der Waals surface area contributed by atoms with Crippen molar-refractivity contribution >= 4 is 38.4 Å². The smallest absolute Gasteiger partial charge is 0.302 e. The van der Waals surface area contributed by atoms with Crippen LogP contribution < -0.4 is 4.74 Å². The van der Waals surface area contributed by atoms with Gasteiger partial charge in [-0.3, -0.25) is 4.79 Å². The van der Waals surface area contributed by atoms with Gasteiger partial charge in [0.2, 0.25) is 5.88 Å². The van der Waals surface area contributed by atoms with Gasteiger partial charge in [-0.05, 0) is 55.2 Å². The highest BCUT2D eigenvalue weighted by molar-refractivity contribution is 9.10. The normalized spacial score (nSPS) is 11.7. The van der Waals surface area contributed by atoms with Crippen molar-refractivity contribution in [2.24, 2.45) is 10.2 Å². The van der Waals surface area contributed by atoms with Crippen molar-refractivity contribution in [3.8, 4) is 11.6 Å². The van der Waals surface area contributed by atoms with Gasteiger partial charge in [0.25, 0.3) is 0 Å². The SMILES string of the molecule is CCn1c(O)c(N=NC(=O)COc2cc(C)ccc2C(C)C)c2cc(Br)ccc21. The fourth-order valence-corrected chi connectivity index (χ4v) is 3.59. The Morgan fingerprint density at radius 3 is 2.69 bits per heavy atom. The minimum Gasteiger partial charge on any atom is -0.493 e. The predicted octanol–water partition coefficient (Wildman–Crippen LogP) is 6.25. The fraction of sp³-hybridized carbons (Fsp3) is 0.318. The molecule has 0 unspecified atom stereocenters. The number of benzene rings is 2. The van der Waals surface area contributed by atoms with Gasteiger partial charge in [0, 0.05) is 16.4 Å². The van der Waals surface area contributed by atoms with E-state index in [9.17, 15) is 9.90 Å². The lowest BCUT2D eigenvalue weighted by Crippen LogP contribution is -2.09. The fourth-order valence-electron chi connectivity index (χ4n) is 3.23. The average Bonchev–Trinajstić information content (AvgIpc) is 2.94. The van der Waals surface area contributed by atoms with Crippen LogP contribution in [-0.2, 0) is 11.3 Å². The first-order valence-electron chi connectivity index (χ1n) is 9.50. The van der Waals surface area contributed by atoms with Gasteiger partial charge in [0.1, 0.15) is 5.75 Å². The van der Waals surface area contributed by atoms with E-state index in [0.717, 1.165) is 26.5 Å². The number of aryl methyl sites for hydroxylation is 2. The highest BCUT2D eigenvalue weighted by Crippen LogP contribution is 2.40. The highest BCUT2D eigenvalue weighted by Gasteiger charge is 2.17. The zero-order valence-electron chi connectivity index (χ0n) is 16.9. The molecule has 0 radical (unpaired) electrons. The van der Waals surface area contributed by atoms with Crippen LogP contribution >= 0.6 is 15.9 Å². The summed E-state index contributed by atoms with van der Waals surface area (Å²) in [6.07, 6.45) is 0. The molecule has 0 aliphatic rings. The Morgan fingerprint density at radius 1 is 1.24 bits per heavy atom. The van der Waals surface area contributed by atoms with E-state index in [-0.39, 0.29) is 24.1 Å². The molecule has 1 N–H and O–H groups in total. The third-order valence-electron chi connectivity index (χ3n) is 4.69. The van der Waals surface area contributed by atoms with Crippen LogP contribution in [0, 0.1) is 6.92 Å². The van der Waals surface area contributed by atoms with Gasteiger partial charge in [0.15, 0.2) is 12.3 Å². The molecule has 2 aromatic carbocycles. The quantitative estimate of drug-likeness (QED) is 0.444. The number of carbonyl (C=O) groups excluding carboxylic acids is 1. The van der Waals surface area contributed by atoms with Crippen molar-refractivity contribution in [3.63, 3.8) is 0 Å². The van der Waals surface area contributed by atoms with Gasteiger partial charge < -0.3 is 14.4 Å². The average molecular weight is 458 g/mol. The molecule has 0 atom stereocenters. The Labute approximate surface area is 178 Å². The molecule has 3 aromatic rings. The molecule has 1 aromatic heterocycles. The van der Waals surface area contributed by atoms with Gasteiger partial charge >= 0.3 is 5.91 Å². The first-order valence-corrected chi connectivity index (χ1v) is 10.3. The van der Waals surface area contributed by atoms with Crippen molar-refractivity contribution in [1.82, 2.24) is 4.57 Å². The lowest BCUT2D eigenvalue weighted by atomic mass is 10.0. The Morgan fingerprint density at radius 2 is 2.00 bits per heavy atom. The van der Waals surface area contributed by atoms with Crippen molar-refractivity contribution in [2.75, 3.05) is 6.61 Å². The summed E-state index contributed by atoms with van der Waals surface area (Å²) < 4.78 is 8.29. The number of aromatic nitrogens is 1. The molecule has 0 saturated heterocycles. The lowest BCUT2D eigenvalue weighted by molar-refractivity contribution is -0.120. The standard InChI is InChI=1S/C22H24BrN3O3/c1-5-26-18-9-7-15(23)11-17(18)21(22(26)28)25-24-20(27)12-29-19-10-14(4)6-8-16(19)13(2)3/h6-11,13,28H,5,12H2,1-4H3. The van der Waals surface area contributed by atoms with Crippen LogP contribution in [0.2, 0.25) is 0 Å². The Balaban J connectivity index is 1.81. The molecule has 7 heteroatoms. The second kappa shape index (κ2) is 8.78. The van der Waals surface area contributed by atoms with E-state index in [1.807, 2.05) is 50.2 Å². The highest BCUT2D eigenvalue weighted by atomic mass is 79.9. The first-order chi connectivity index (χ1) is 13.8. The molecule has 0 fully saturated rings. The summed E-state index contributed by atoms with van der Waals surface area (Å²) in [7, 11) is 0. The van der Waals surface area contributed by atoms with Crippen molar-refractivity contribution in [2.45, 2.75) is 40.2 Å². The summed E-state index contributed by atoms with van der Waals surface area (Å²) in [5.41, 5.74) is 3.19. The van der Waals surface area contributed by atoms with Gasteiger partial charge in [-0.1, -0.05) is 41.9 Å². The minimum atomic E-state index is -0.520. The van der Waals surface area contributed by atoms with E-state index in [0.29, 0.717) is 12.3 Å². The number of ether oxygens (including phenoxy) is 1. The van der Waals surface area contributed by atoms with Crippen molar-refractivity contribution in [3.05, 3.63) is 52.0 Å². The van der Waals surface area contributed by atoms with Crippen LogP contribution in [0.15, 0.2) is 51.1 Å². The second-order valence-electron chi connectivity index (χ2n) is 7.16. The van der Waals surface area contributed by atoms with E-state index in [2.05, 4.69) is 40.0 Å². The second-order valence-corrected chi connectivity index (χ2v) is 8.07. The number of fused-ring (bicyclic) bond motifs is 1. The number of halogens is 1. The topological polar surface area (TPSA) is 76.2 Å². The number of aromatic hydroxyl groups is 1. The minimum absolute atomic E-state index is 0.0150. The van der Waals surface area contributed by atoms with E-state index >= 15 is 0 Å². The molecule has 152 valence electrons. The number of azo groups is 1. The maximum absolute atomic E-state index is 12.3. The molecule has 0 spiro atoms. The van der Waals surface area contributed by atoms with Crippen molar-refractivity contribution < 1.29 is 14.6 Å². The molecule has 0 bridgehead atoms. The van der Waals surface area contributed by atoms with E-state index in [1.54, 1.807) is 4.57 Å². The Bertz CT molecular complexity index is 1090. The zero-order chi connectivity index (χ0) is 21.1. The number of rotatable bonds is 6. The molecule has 0 aliphatic heterocycles. The van der Waals surface area contributed by atoms with Crippen LogP contribution in [0.1, 0.15) is 37.8 Å². The van der Waals surface area contributed by atoms with E-state index in [1.165, 1.54) is 0 Å². The molecule has 6 nitrogen and oxygen atoms in total. The number of hydrogen-bond acceptors (Lipinski definition) is 4. The number of hydrogen-bond donors (Lipinski definition) is 1. The summed E-state index contributed by atoms with van der Waals surface area (Å²) in [6.45, 7) is 8.40. The Kier molecular flexibility index (Phi) is 6.37. The van der Waals surface area contributed by atoms with Gasteiger partial charge in [0.05, 0.1) is 5.52 Å². The maximum Gasteiger partial charge on any atom is 0.302 e. The molecule has 1 amide bonds. The van der Waals surface area contributed by atoms with Crippen LogP contribution in [0.5, 0.6) is 11.6 Å². The zero-order valence-corrected chi connectivity index (χ0v) is 18.5. The lowest BCUT2D eigenvalue weighted by Gasteiger charge is -2.13. The molecule has 3 rings (SSSR count). The predicted molar refractivity (Wildman–Crippen MR) is 117 cm³/mol. The Hall–Kier alpha value is -2.67. The molecular formula is C22H24BrN3O3. The van der Waals surface area contributed by atoms with Crippen LogP contribution in [0.25, 0.3) is 10.9 Å². The monoisotopic (exact) mass is 457 g/mol. The molecule has 0 saturated carbocycles. The van der Waals surface area contributed by atoms with Gasteiger partial charge in [-0.2, -0.15) is 0 Å². The van der Waals surface area contributed by atoms with E-state index < -0.39 is 5.91 Å². The largest absolute Gasteiger partial charge is 0.493 e. The third kappa shape index (κ3) is 4.50. The molecule has 29 heavy (non-hydrogen) atoms. The maximum atomic E-state index is 12.3. The summed E-state index contributed by atoms with van der Waals surface area (Å²) in [5, 5.41) is 19.0. The summed E-state index contributed by atoms with van der Waals surface area (Å²) in [5.74, 6) is 0.419. The van der Waals surface area contributed by atoms with Gasteiger partial charge in [-0.25, -0.2) is 0 Å². The number of nitrogens with zero attached hydrogens (tertiary/aromatic N) is 3. The van der Waals surface area contributed by atoms with Crippen LogP contribution in [0.3, 0.4) is 0 Å². The van der Waals surface area contributed by atoms with Crippen LogP contribution in [0.4, 0.5) is 5.69 Å². The summed E-state index contributed by atoms with van der Waals surface area (Å²) >= 11 is 3.43. The molecule has 1 heterocycles. The van der Waals surface area contributed by atoms with Gasteiger partial charge in [-0.15, -0.1) is 10.2 Å². The first kappa shape index (κ1) is 21.0. The summed E-state index contributed by atoms with van der Waals surface area (Å²) in [6, 6.07) is 11.6. The number of carbonyl (C=O) groups is 1. The van der Waals surface area contributed by atoms with Crippen molar-refractivity contribution in [1.29, 1.82) is 0 Å². The molecule has 0 aliphatic carbocycles.